The minimum absolute atomic E-state index is 0.00448. The highest BCUT2D eigenvalue weighted by molar-refractivity contribution is 7.47. The summed E-state index contributed by atoms with van der Waals surface area (Å²) in [6.45, 7) is 0.0184. The lowest BCUT2D eigenvalue weighted by molar-refractivity contribution is -0.213. The number of amides is 5. The molecule has 2 heterocycles. The Morgan fingerprint density at radius 3 is 1.82 bits per heavy atom. The van der Waals surface area contributed by atoms with E-state index in [2.05, 4.69) is 29.9 Å². The van der Waals surface area contributed by atoms with Crippen molar-refractivity contribution in [1.82, 2.24) is 25.7 Å². The van der Waals surface area contributed by atoms with Crippen molar-refractivity contribution in [1.29, 1.82) is 0 Å². The molecule has 1 aliphatic heterocycles. The number of ether oxygens (including phenoxy) is 2. The second-order valence-corrected chi connectivity index (χ2v) is 22.1. The number of nitrogens with zero attached hydrogens (tertiary/aromatic N) is 3. The van der Waals surface area contributed by atoms with Crippen molar-refractivity contribution in [3.8, 4) is 34.0 Å². The predicted molar refractivity (Wildman–Crippen MR) is 272 cm³/mol. The number of phosphoric acid groups is 3. The van der Waals surface area contributed by atoms with Crippen LogP contribution < -0.4 is 10.6 Å². The van der Waals surface area contributed by atoms with Gasteiger partial charge in [0.05, 0.1) is 6.61 Å². The van der Waals surface area contributed by atoms with Crippen LogP contribution in [0.3, 0.4) is 0 Å². The molecule has 6 rings (SSSR count). The molecule has 436 valence electrons. The molecule has 0 bridgehead atoms. The average molecular weight is 1180 g/mol. The molecule has 5 amide bonds. The number of urea groups is 1. The highest BCUT2D eigenvalue weighted by atomic mass is 31.2. The standard InChI is InChI=1S/C48H60N5O24P3/c1-2-3-6-14-37(56)73-33(27-72-80(69,70)77-41-38(57)39(58)42(75-78(63,64)65)43(40(41)59)76-79(66,67)68)26-71-36(55)13-9-5-10-23-49-48(62)53-35(54)24-34(47(53)61)44(60)50-25-28-15-17-31(18-16-28)45-51-52-46(74-45)32-21-19-30(20-22-32)29-11-7-4-8-12-29/h4,7-8,11-12,15-22,33-34,38-43,57-59H,2-3,5-6,9-10,13-14,23-27H2,1H3,(H,49,62)(H,50,60)(H,69,70)(H2,63,64,65)(H2,66,67,68). The Morgan fingerprint density at radius 1 is 0.662 bits per heavy atom. The number of unbranched alkanes of at least 4 members (excludes halogenated alkanes) is 4. The van der Waals surface area contributed by atoms with Crippen LogP contribution in [0.1, 0.15) is 70.3 Å². The van der Waals surface area contributed by atoms with Crippen molar-refractivity contribution in [2.45, 2.75) is 114 Å². The SMILES string of the molecule is CCCCCC(=O)OC(COC(=O)CCCCCNC(=O)N1C(=O)CC(C(=O)NCc2ccc(-c3nnc(-c4ccc(-c5ccccc5)cc4)o3)cc2)C1=O)COP(=O)(O)OC1C(O)C(O)C(OP(=O)(O)O)C(OP(=O)(O)O)C1O. The first kappa shape index (κ1) is 63.2. The molecule has 10 N–H and O–H groups in total. The zero-order chi connectivity index (χ0) is 58.4. The molecule has 0 spiro atoms. The first-order valence-corrected chi connectivity index (χ1v) is 29.4. The minimum atomic E-state index is -5.66. The molecule has 80 heavy (non-hydrogen) atoms. The van der Waals surface area contributed by atoms with E-state index in [1.165, 1.54) is 0 Å². The number of imide groups is 3. The topological polar surface area (TPSA) is 437 Å². The van der Waals surface area contributed by atoms with Gasteiger partial charge < -0.3 is 64.3 Å². The fraction of sp³-hybridized carbons (Fsp3) is 0.458. The van der Waals surface area contributed by atoms with Gasteiger partial charge in [-0.1, -0.05) is 80.8 Å². The maximum atomic E-state index is 13.1. The lowest BCUT2D eigenvalue weighted by Crippen LogP contribution is -2.65. The quantitative estimate of drug-likeness (QED) is 0.0128. The Bertz CT molecular complexity index is 2920. The fourth-order valence-corrected chi connectivity index (χ4v) is 10.3. The van der Waals surface area contributed by atoms with Crippen LogP contribution in [0.5, 0.6) is 0 Å². The Labute approximate surface area is 456 Å². The Kier molecular flexibility index (Phi) is 22.6. The molecule has 9 unspecified atom stereocenters. The lowest BCUT2D eigenvalue weighted by Gasteiger charge is -2.44. The van der Waals surface area contributed by atoms with Gasteiger partial charge in [-0.05, 0) is 60.2 Å². The third-order valence-corrected chi connectivity index (χ3v) is 14.3. The van der Waals surface area contributed by atoms with Crippen molar-refractivity contribution in [2.75, 3.05) is 19.8 Å². The molecule has 3 aromatic carbocycles. The fourth-order valence-electron chi connectivity index (χ4n) is 8.22. The van der Waals surface area contributed by atoms with Crippen LogP contribution in [0.25, 0.3) is 34.0 Å². The number of benzene rings is 3. The molecule has 29 nitrogen and oxygen atoms in total. The first-order valence-electron chi connectivity index (χ1n) is 24.9. The van der Waals surface area contributed by atoms with Gasteiger partial charge in [0.25, 0.3) is 5.91 Å². The third kappa shape index (κ3) is 18.5. The Hall–Kier alpha value is -5.97. The number of phosphoric ester groups is 3. The van der Waals surface area contributed by atoms with E-state index >= 15 is 0 Å². The predicted octanol–water partition coefficient (Wildman–Crippen LogP) is 2.92. The number of carbonyl (C=O) groups is 6. The van der Waals surface area contributed by atoms with Gasteiger partial charge in [0.2, 0.25) is 23.6 Å². The number of esters is 2. The van der Waals surface area contributed by atoms with Gasteiger partial charge in [-0.2, -0.15) is 4.90 Å². The van der Waals surface area contributed by atoms with Gasteiger partial charge in [0.1, 0.15) is 49.1 Å². The van der Waals surface area contributed by atoms with E-state index in [4.69, 9.17) is 22.9 Å². The van der Waals surface area contributed by atoms with Crippen molar-refractivity contribution in [2.24, 2.45) is 5.92 Å². The van der Waals surface area contributed by atoms with Crippen LogP contribution in [0.15, 0.2) is 83.3 Å². The summed E-state index contributed by atoms with van der Waals surface area (Å²) in [6, 6.07) is 23.4. The zero-order valence-corrected chi connectivity index (χ0v) is 45.3. The number of aliphatic hydroxyl groups is 3. The smallest absolute Gasteiger partial charge is 0.462 e. The minimum Gasteiger partial charge on any atom is -0.462 e. The molecule has 32 heteroatoms. The van der Waals surface area contributed by atoms with E-state index in [1.807, 2.05) is 61.5 Å². The molecule has 0 radical (unpaired) electrons. The van der Waals surface area contributed by atoms with Crippen LogP contribution in [-0.2, 0) is 71.8 Å². The van der Waals surface area contributed by atoms with Gasteiger partial charge in [-0.15, -0.1) is 10.2 Å². The average Bonchev–Trinajstić information content (AvgIpc) is 4.13. The highest BCUT2D eigenvalue weighted by Crippen LogP contribution is 2.51. The number of likely N-dealkylation sites (tertiary alicyclic amines) is 1. The van der Waals surface area contributed by atoms with Crippen LogP contribution in [0.4, 0.5) is 4.79 Å². The van der Waals surface area contributed by atoms with Gasteiger partial charge in [0, 0.05) is 43.5 Å². The van der Waals surface area contributed by atoms with Crippen molar-refractivity contribution >= 4 is 59.2 Å². The zero-order valence-electron chi connectivity index (χ0n) is 42.6. The largest absolute Gasteiger partial charge is 0.472 e. The summed E-state index contributed by atoms with van der Waals surface area (Å²) in [4.78, 5) is 125. The van der Waals surface area contributed by atoms with Crippen LogP contribution in [0, 0.1) is 5.92 Å². The number of rotatable bonds is 28. The van der Waals surface area contributed by atoms with Crippen LogP contribution in [-0.4, -0.2) is 153 Å². The number of aromatic nitrogens is 2. The number of hydrogen-bond acceptors (Lipinski definition) is 21. The summed E-state index contributed by atoms with van der Waals surface area (Å²) in [6.07, 6.45) is -15.4. The van der Waals surface area contributed by atoms with Gasteiger partial charge in [0.15, 0.2) is 6.10 Å². The summed E-state index contributed by atoms with van der Waals surface area (Å²) < 4.78 is 70.6. The summed E-state index contributed by atoms with van der Waals surface area (Å²) in [5, 5.41) is 45.1. The van der Waals surface area contributed by atoms with Gasteiger partial charge in [-0.25, -0.2) is 18.5 Å². The molecule has 1 saturated carbocycles. The Morgan fingerprint density at radius 2 is 1.21 bits per heavy atom. The van der Waals surface area contributed by atoms with Gasteiger partial charge >= 0.3 is 41.4 Å². The molecular formula is C48H60N5O24P3. The van der Waals surface area contributed by atoms with E-state index < -0.39 is 127 Å². The normalized spacial score (nSPS) is 21.6. The number of aliphatic hydroxyl groups excluding tert-OH is 3. The Balaban J connectivity index is 0.906. The number of hydrogen-bond donors (Lipinski definition) is 10. The molecule has 2 aliphatic rings. The van der Waals surface area contributed by atoms with Crippen LogP contribution >= 0.6 is 23.5 Å². The maximum absolute atomic E-state index is 13.1. The van der Waals surface area contributed by atoms with E-state index in [0.717, 1.165) is 23.1 Å². The molecule has 9 atom stereocenters. The second-order valence-electron chi connectivity index (χ2n) is 18.3. The van der Waals surface area contributed by atoms with E-state index in [1.54, 1.807) is 24.3 Å². The highest BCUT2D eigenvalue weighted by Gasteiger charge is 2.57. The van der Waals surface area contributed by atoms with E-state index in [-0.39, 0.29) is 44.7 Å². The molecule has 1 aliphatic carbocycles. The summed E-state index contributed by atoms with van der Waals surface area (Å²) >= 11 is 0. The molecule has 1 saturated heterocycles. The second kappa shape index (κ2) is 28.6. The van der Waals surface area contributed by atoms with Crippen molar-refractivity contribution in [3.63, 3.8) is 0 Å². The van der Waals surface area contributed by atoms with Crippen molar-refractivity contribution < 1.29 is 114 Å². The molecular weight excluding hydrogens is 1120 g/mol. The first-order chi connectivity index (χ1) is 37.8. The van der Waals surface area contributed by atoms with Crippen molar-refractivity contribution in [3.05, 3.63) is 84.4 Å². The van der Waals surface area contributed by atoms with Crippen LogP contribution in [0.2, 0.25) is 0 Å². The third-order valence-electron chi connectivity index (χ3n) is 12.3. The van der Waals surface area contributed by atoms with E-state index in [0.29, 0.717) is 41.2 Å². The summed E-state index contributed by atoms with van der Waals surface area (Å²) in [5.41, 5.74) is 4.10. The lowest BCUT2D eigenvalue weighted by atomic mass is 9.85. The molecule has 4 aromatic rings. The van der Waals surface area contributed by atoms with Gasteiger partial charge in [-0.3, -0.25) is 42.1 Å². The molecule has 2 fully saturated rings. The summed E-state index contributed by atoms with van der Waals surface area (Å²) in [5.74, 6) is -5.17. The number of nitrogens with one attached hydrogen (secondary N) is 2. The van der Waals surface area contributed by atoms with E-state index in [9.17, 15) is 82.2 Å². The monoisotopic (exact) mass is 1180 g/mol. The number of carbonyl (C=O) groups excluding carboxylic acids is 6. The molecule has 1 aromatic heterocycles. The summed E-state index contributed by atoms with van der Waals surface area (Å²) in [7, 11) is -16.8. The maximum Gasteiger partial charge on any atom is 0.472 e.